The zero-order valence-electron chi connectivity index (χ0n) is 10.1. The minimum absolute atomic E-state index is 1.23. The normalized spacial score (nSPS) is 10.9. The maximum absolute atomic E-state index is 2.24. The van der Waals surface area contributed by atoms with Crippen LogP contribution < -0.4 is 4.57 Å². The zero-order valence-corrected chi connectivity index (χ0v) is 10.1. The molecule has 0 spiro atoms. The fourth-order valence-electron chi connectivity index (χ4n) is 2.35. The van der Waals surface area contributed by atoms with E-state index < -0.39 is 0 Å². The van der Waals surface area contributed by atoms with Crippen LogP contribution in [0.5, 0.6) is 0 Å². The first-order valence-electron chi connectivity index (χ1n) is 5.79. The number of hydrogen-bond donors (Lipinski definition) is 0. The number of nitrogens with zero attached hydrogens (tertiary/aromatic N) is 2. The molecule has 0 bridgehead atoms. The second-order valence-electron chi connectivity index (χ2n) is 4.37. The van der Waals surface area contributed by atoms with Gasteiger partial charge < -0.3 is 4.40 Å². The summed E-state index contributed by atoms with van der Waals surface area (Å²) in [5.41, 5.74) is 5.04. The van der Waals surface area contributed by atoms with Crippen LogP contribution in [0.2, 0.25) is 0 Å². The number of rotatable bonds is 1. The van der Waals surface area contributed by atoms with Crippen LogP contribution in [0.3, 0.4) is 0 Å². The van der Waals surface area contributed by atoms with E-state index in [1.807, 2.05) is 0 Å². The number of aromatic nitrogens is 2. The Morgan fingerprint density at radius 1 is 1.06 bits per heavy atom. The molecule has 0 atom stereocenters. The van der Waals surface area contributed by atoms with E-state index in [0.29, 0.717) is 0 Å². The van der Waals surface area contributed by atoms with E-state index in [9.17, 15) is 0 Å². The smallest absolute Gasteiger partial charge is 0.229 e. The quantitative estimate of drug-likeness (QED) is 0.561. The topological polar surface area (TPSA) is 8.29 Å². The standard InChI is InChI=1S/C15H15N2/c1-12-11-13-7-3-6-10-17(13)15(12)14-8-4-5-9-16(14)2/h3-11H,1-2H3/q+1. The van der Waals surface area contributed by atoms with Crippen LogP contribution in [0.4, 0.5) is 0 Å². The molecule has 0 saturated heterocycles. The Balaban J connectivity index is 2.38. The summed E-state index contributed by atoms with van der Waals surface area (Å²) < 4.78 is 4.40. The van der Waals surface area contributed by atoms with Crippen LogP contribution in [0, 0.1) is 6.92 Å². The van der Waals surface area contributed by atoms with Gasteiger partial charge in [0.1, 0.15) is 12.7 Å². The second-order valence-corrected chi connectivity index (χ2v) is 4.37. The van der Waals surface area contributed by atoms with E-state index in [1.54, 1.807) is 0 Å². The number of hydrogen-bond acceptors (Lipinski definition) is 0. The molecule has 2 nitrogen and oxygen atoms in total. The van der Waals surface area contributed by atoms with Gasteiger partial charge in [-0.3, -0.25) is 0 Å². The van der Waals surface area contributed by atoms with Crippen molar-refractivity contribution in [2.45, 2.75) is 6.92 Å². The summed E-state index contributed by atoms with van der Waals surface area (Å²) in [6, 6.07) is 14.8. The van der Waals surface area contributed by atoms with Crippen molar-refractivity contribution in [3.05, 3.63) is 60.4 Å². The van der Waals surface area contributed by atoms with E-state index in [0.717, 1.165) is 0 Å². The number of pyridine rings is 2. The molecule has 0 radical (unpaired) electrons. The Hall–Kier alpha value is -2.09. The lowest BCUT2D eigenvalue weighted by Crippen LogP contribution is -2.30. The van der Waals surface area contributed by atoms with Gasteiger partial charge in [0.25, 0.3) is 0 Å². The lowest BCUT2D eigenvalue weighted by molar-refractivity contribution is -0.660. The molecule has 3 aromatic rings. The highest BCUT2D eigenvalue weighted by Crippen LogP contribution is 2.24. The summed E-state index contributed by atoms with van der Waals surface area (Å²) in [4.78, 5) is 0. The first kappa shape index (κ1) is 10.1. The van der Waals surface area contributed by atoms with Gasteiger partial charge in [0.2, 0.25) is 5.69 Å². The summed E-state index contributed by atoms with van der Waals surface area (Å²) in [5, 5.41) is 0. The highest BCUT2D eigenvalue weighted by molar-refractivity contribution is 5.67. The van der Waals surface area contributed by atoms with Gasteiger partial charge in [-0.2, -0.15) is 4.57 Å². The van der Waals surface area contributed by atoms with Gasteiger partial charge in [0.05, 0.1) is 0 Å². The third-order valence-electron chi connectivity index (χ3n) is 3.17. The summed E-state index contributed by atoms with van der Waals surface area (Å²) in [5.74, 6) is 0. The van der Waals surface area contributed by atoms with Gasteiger partial charge in [0.15, 0.2) is 6.20 Å². The molecule has 0 aromatic carbocycles. The lowest BCUT2D eigenvalue weighted by atomic mass is 10.2. The predicted octanol–water partition coefficient (Wildman–Crippen LogP) is 2.74. The third-order valence-corrected chi connectivity index (χ3v) is 3.17. The van der Waals surface area contributed by atoms with Gasteiger partial charge in [-0.25, -0.2) is 0 Å². The monoisotopic (exact) mass is 223 g/mol. The van der Waals surface area contributed by atoms with Crippen LogP contribution >= 0.6 is 0 Å². The van der Waals surface area contributed by atoms with Crippen molar-refractivity contribution in [3.8, 4) is 11.4 Å². The lowest BCUT2D eigenvalue weighted by Gasteiger charge is -2.02. The summed E-state index contributed by atoms with van der Waals surface area (Å²) in [7, 11) is 2.08. The molecule has 0 aliphatic rings. The van der Waals surface area contributed by atoms with Crippen LogP contribution in [0.15, 0.2) is 54.9 Å². The maximum atomic E-state index is 2.24. The van der Waals surface area contributed by atoms with Gasteiger partial charge >= 0.3 is 0 Å². The van der Waals surface area contributed by atoms with Gasteiger partial charge in [-0.15, -0.1) is 0 Å². The van der Waals surface area contributed by atoms with Gasteiger partial charge in [-0.1, -0.05) is 6.07 Å². The molecule has 0 fully saturated rings. The molecule has 3 heterocycles. The van der Waals surface area contributed by atoms with Crippen molar-refractivity contribution in [3.63, 3.8) is 0 Å². The fraction of sp³-hybridized carbons (Fsp3) is 0.133. The summed E-state index contributed by atoms with van der Waals surface area (Å²) in [6.45, 7) is 2.16. The largest absolute Gasteiger partial charge is 0.311 e. The highest BCUT2D eigenvalue weighted by Gasteiger charge is 2.15. The number of fused-ring (bicyclic) bond motifs is 1. The molecule has 3 rings (SSSR count). The van der Waals surface area contributed by atoms with E-state index >= 15 is 0 Å². The Bertz CT molecular complexity index is 680. The molecule has 2 heteroatoms. The first-order valence-corrected chi connectivity index (χ1v) is 5.79. The summed E-state index contributed by atoms with van der Waals surface area (Å²) >= 11 is 0. The van der Waals surface area contributed by atoms with Crippen LogP contribution in [0.1, 0.15) is 5.56 Å². The van der Waals surface area contributed by atoms with E-state index in [1.165, 1.54) is 22.5 Å². The van der Waals surface area contributed by atoms with Crippen molar-refractivity contribution < 1.29 is 4.57 Å². The Morgan fingerprint density at radius 2 is 1.88 bits per heavy atom. The Labute approximate surface area is 101 Å². The van der Waals surface area contributed by atoms with E-state index in [4.69, 9.17) is 0 Å². The van der Waals surface area contributed by atoms with E-state index in [2.05, 4.69) is 77.8 Å². The average molecular weight is 223 g/mol. The fourth-order valence-corrected chi connectivity index (χ4v) is 2.35. The second kappa shape index (κ2) is 3.74. The molecule has 17 heavy (non-hydrogen) atoms. The minimum atomic E-state index is 1.23. The molecule has 0 aliphatic heterocycles. The van der Waals surface area contributed by atoms with Crippen molar-refractivity contribution in [2.75, 3.05) is 0 Å². The Kier molecular flexibility index (Phi) is 2.22. The summed E-state index contributed by atoms with van der Waals surface area (Å²) in [6.07, 6.45) is 4.20. The predicted molar refractivity (Wildman–Crippen MR) is 68.7 cm³/mol. The molecular weight excluding hydrogens is 208 g/mol. The van der Waals surface area contributed by atoms with Crippen molar-refractivity contribution in [2.24, 2.45) is 7.05 Å². The van der Waals surface area contributed by atoms with Crippen LogP contribution in [-0.4, -0.2) is 4.40 Å². The molecule has 0 amide bonds. The molecule has 0 aliphatic carbocycles. The molecule has 3 aromatic heterocycles. The highest BCUT2D eigenvalue weighted by atomic mass is 15.0. The molecule has 0 saturated carbocycles. The van der Waals surface area contributed by atoms with Gasteiger partial charge in [-0.05, 0) is 36.8 Å². The molecule has 0 N–H and O–H groups in total. The third kappa shape index (κ3) is 1.53. The van der Waals surface area contributed by atoms with Gasteiger partial charge in [0, 0.05) is 23.8 Å². The van der Waals surface area contributed by atoms with Crippen molar-refractivity contribution in [1.82, 2.24) is 4.40 Å². The zero-order chi connectivity index (χ0) is 11.8. The minimum Gasteiger partial charge on any atom is -0.311 e. The first-order chi connectivity index (χ1) is 8.27. The molecule has 84 valence electrons. The van der Waals surface area contributed by atoms with Crippen LogP contribution in [-0.2, 0) is 7.05 Å². The molecule has 0 unspecified atom stereocenters. The average Bonchev–Trinajstić information content (AvgIpc) is 2.66. The Morgan fingerprint density at radius 3 is 2.71 bits per heavy atom. The number of aryl methyl sites for hydroxylation is 2. The molecular formula is C15H15N2+. The van der Waals surface area contributed by atoms with Crippen molar-refractivity contribution >= 4 is 5.52 Å². The maximum Gasteiger partial charge on any atom is 0.229 e. The van der Waals surface area contributed by atoms with Crippen molar-refractivity contribution in [1.29, 1.82) is 0 Å². The van der Waals surface area contributed by atoms with Crippen LogP contribution in [0.25, 0.3) is 16.9 Å². The SMILES string of the molecule is Cc1cc2ccccn2c1-c1cccc[n+]1C. The van der Waals surface area contributed by atoms with E-state index in [-0.39, 0.29) is 0 Å².